The summed E-state index contributed by atoms with van der Waals surface area (Å²) in [6, 6.07) is 13.4. The molecule has 1 atom stereocenters. The van der Waals surface area contributed by atoms with E-state index in [1.54, 1.807) is 13.8 Å². The number of aryl methyl sites for hydroxylation is 4. The minimum absolute atomic E-state index is 0.181. The quantitative estimate of drug-likeness (QED) is 0.529. The van der Waals surface area contributed by atoms with Crippen LogP contribution in [-0.2, 0) is 0 Å². The van der Waals surface area contributed by atoms with Crippen molar-refractivity contribution in [1.29, 1.82) is 0 Å². The summed E-state index contributed by atoms with van der Waals surface area (Å²) in [4.78, 5) is 38.2. The smallest absolute Gasteiger partial charge is 0.270 e. The average molecular weight is 432 g/mol. The first kappa shape index (κ1) is 23.1. The molecule has 2 heterocycles. The van der Waals surface area contributed by atoms with Crippen molar-refractivity contribution in [3.63, 3.8) is 0 Å². The number of amides is 2. The fourth-order valence-electron chi connectivity index (χ4n) is 3.61. The van der Waals surface area contributed by atoms with Gasteiger partial charge in [-0.2, -0.15) is 0 Å². The Morgan fingerprint density at radius 2 is 1.59 bits per heavy atom. The van der Waals surface area contributed by atoms with Crippen LogP contribution in [0, 0.1) is 27.7 Å². The molecular weight excluding hydrogens is 402 g/mol. The van der Waals surface area contributed by atoms with Gasteiger partial charge in [0.1, 0.15) is 12.0 Å². The third-order valence-electron chi connectivity index (χ3n) is 5.37. The van der Waals surface area contributed by atoms with Crippen LogP contribution in [0.3, 0.4) is 0 Å². The van der Waals surface area contributed by atoms with E-state index in [4.69, 9.17) is 0 Å². The molecule has 7 heteroatoms. The van der Waals surface area contributed by atoms with Crippen LogP contribution in [0.2, 0.25) is 0 Å². The van der Waals surface area contributed by atoms with Gasteiger partial charge in [-0.05, 0) is 57.7 Å². The molecule has 2 N–H and O–H groups in total. The van der Waals surface area contributed by atoms with E-state index in [0.717, 1.165) is 16.8 Å². The molecule has 0 fully saturated rings. The first-order valence-electron chi connectivity index (χ1n) is 10.7. The Bertz CT molecular complexity index is 1080. The van der Waals surface area contributed by atoms with Crippen molar-refractivity contribution in [3.8, 4) is 0 Å². The predicted octanol–water partition coefficient (Wildman–Crippen LogP) is 3.79. The Morgan fingerprint density at radius 3 is 2.28 bits per heavy atom. The first-order valence-corrected chi connectivity index (χ1v) is 10.7. The highest BCUT2D eigenvalue weighted by atomic mass is 16.2. The van der Waals surface area contributed by atoms with E-state index in [1.165, 1.54) is 6.33 Å². The Balaban J connectivity index is 1.65. The van der Waals surface area contributed by atoms with Gasteiger partial charge in [0.05, 0.1) is 23.0 Å². The van der Waals surface area contributed by atoms with Gasteiger partial charge in [-0.3, -0.25) is 9.59 Å². The number of rotatable bonds is 8. The van der Waals surface area contributed by atoms with Crippen LogP contribution in [-0.4, -0.2) is 33.3 Å². The van der Waals surface area contributed by atoms with Crippen molar-refractivity contribution >= 4 is 11.8 Å². The SMILES string of the molecule is Cc1ccc(C)c(C(=O)NCCCC(NC(=O)c2c(C)ncnc2C)c2ccccc2)n1. The number of aromatic nitrogens is 3. The highest BCUT2D eigenvalue weighted by molar-refractivity contribution is 5.96. The topological polar surface area (TPSA) is 96.9 Å². The summed E-state index contributed by atoms with van der Waals surface area (Å²) in [7, 11) is 0. The maximum Gasteiger partial charge on any atom is 0.270 e. The highest BCUT2D eigenvalue weighted by Crippen LogP contribution is 2.20. The number of pyridine rings is 1. The molecule has 0 radical (unpaired) electrons. The number of nitrogens with one attached hydrogen (secondary N) is 2. The Labute approximate surface area is 188 Å². The monoisotopic (exact) mass is 431 g/mol. The molecular formula is C25H29N5O2. The fourth-order valence-corrected chi connectivity index (χ4v) is 3.61. The van der Waals surface area contributed by atoms with Crippen LogP contribution in [0.15, 0.2) is 48.8 Å². The Hall–Kier alpha value is -3.61. The number of hydrogen-bond acceptors (Lipinski definition) is 5. The van der Waals surface area contributed by atoms with E-state index in [2.05, 4.69) is 25.6 Å². The molecule has 32 heavy (non-hydrogen) atoms. The van der Waals surface area contributed by atoms with Crippen molar-refractivity contribution in [2.45, 2.75) is 46.6 Å². The molecule has 0 saturated heterocycles. The maximum absolute atomic E-state index is 13.0. The molecule has 0 spiro atoms. The third-order valence-corrected chi connectivity index (χ3v) is 5.37. The predicted molar refractivity (Wildman–Crippen MR) is 123 cm³/mol. The number of carbonyl (C=O) groups is 2. The standard InChI is InChI=1S/C25H29N5O2/c1-16-12-13-17(2)29-23(16)25(32)26-14-8-11-21(20-9-6-5-7-10-20)30-24(31)22-18(3)27-15-28-19(22)4/h5-7,9-10,12-13,15,21H,8,11,14H2,1-4H3,(H,26,32)(H,30,31). The Kier molecular flexibility index (Phi) is 7.65. The normalized spacial score (nSPS) is 11.6. The Morgan fingerprint density at radius 1 is 0.906 bits per heavy atom. The van der Waals surface area contributed by atoms with Gasteiger partial charge in [-0.1, -0.05) is 36.4 Å². The van der Waals surface area contributed by atoms with Crippen molar-refractivity contribution in [1.82, 2.24) is 25.6 Å². The molecule has 0 aliphatic heterocycles. The lowest BCUT2D eigenvalue weighted by Gasteiger charge is -2.20. The molecule has 2 amide bonds. The number of hydrogen-bond donors (Lipinski definition) is 2. The second-order valence-electron chi connectivity index (χ2n) is 7.87. The van der Waals surface area contributed by atoms with Crippen molar-refractivity contribution in [2.75, 3.05) is 6.54 Å². The number of nitrogens with zero attached hydrogens (tertiary/aromatic N) is 3. The van der Waals surface area contributed by atoms with Gasteiger partial charge in [0.15, 0.2) is 0 Å². The molecule has 1 aromatic carbocycles. The largest absolute Gasteiger partial charge is 0.351 e. The van der Waals surface area contributed by atoms with Crippen LogP contribution in [0.1, 0.15) is 67.9 Å². The number of carbonyl (C=O) groups excluding carboxylic acids is 2. The lowest BCUT2D eigenvalue weighted by Crippen LogP contribution is -2.31. The zero-order valence-corrected chi connectivity index (χ0v) is 19.0. The van der Waals surface area contributed by atoms with Gasteiger partial charge in [0.25, 0.3) is 11.8 Å². The van der Waals surface area contributed by atoms with Gasteiger partial charge in [-0.25, -0.2) is 15.0 Å². The number of benzene rings is 1. The van der Waals surface area contributed by atoms with Crippen LogP contribution >= 0.6 is 0 Å². The van der Waals surface area contributed by atoms with E-state index in [9.17, 15) is 9.59 Å². The first-order chi connectivity index (χ1) is 15.4. The average Bonchev–Trinajstić information content (AvgIpc) is 2.77. The van der Waals surface area contributed by atoms with Crippen LogP contribution in [0.4, 0.5) is 0 Å². The lowest BCUT2D eigenvalue weighted by atomic mass is 10.0. The van der Waals surface area contributed by atoms with Crippen molar-refractivity contribution < 1.29 is 9.59 Å². The third kappa shape index (κ3) is 5.75. The summed E-state index contributed by atoms with van der Waals surface area (Å²) in [5.41, 5.74) is 4.91. The van der Waals surface area contributed by atoms with Gasteiger partial charge in [0, 0.05) is 12.2 Å². The van der Waals surface area contributed by atoms with Gasteiger partial charge in [0.2, 0.25) is 0 Å². The summed E-state index contributed by atoms with van der Waals surface area (Å²) < 4.78 is 0. The summed E-state index contributed by atoms with van der Waals surface area (Å²) in [5.74, 6) is -0.378. The molecule has 2 aromatic heterocycles. The molecule has 0 aliphatic rings. The van der Waals surface area contributed by atoms with E-state index in [1.807, 2.05) is 56.3 Å². The minimum atomic E-state index is -0.196. The van der Waals surface area contributed by atoms with E-state index < -0.39 is 0 Å². The van der Waals surface area contributed by atoms with E-state index in [-0.39, 0.29) is 17.9 Å². The minimum Gasteiger partial charge on any atom is -0.351 e. The maximum atomic E-state index is 13.0. The summed E-state index contributed by atoms with van der Waals surface area (Å²) in [6.45, 7) is 7.83. The zero-order chi connectivity index (χ0) is 23.1. The second kappa shape index (κ2) is 10.6. The van der Waals surface area contributed by atoms with E-state index >= 15 is 0 Å². The van der Waals surface area contributed by atoms with E-state index in [0.29, 0.717) is 42.0 Å². The van der Waals surface area contributed by atoms with Crippen LogP contribution < -0.4 is 10.6 Å². The fraction of sp³-hybridized carbons (Fsp3) is 0.320. The second-order valence-corrected chi connectivity index (χ2v) is 7.87. The highest BCUT2D eigenvalue weighted by Gasteiger charge is 2.20. The molecule has 166 valence electrons. The molecule has 3 rings (SSSR count). The van der Waals surface area contributed by atoms with Gasteiger partial charge in [-0.15, -0.1) is 0 Å². The van der Waals surface area contributed by atoms with Crippen LogP contribution in [0.25, 0.3) is 0 Å². The van der Waals surface area contributed by atoms with Crippen LogP contribution in [0.5, 0.6) is 0 Å². The van der Waals surface area contributed by atoms with Crippen molar-refractivity contribution in [2.24, 2.45) is 0 Å². The molecule has 7 nitrogen and oxygen atoms in total. The molecule has 0 aliphatic carbocycles. The van der Waals surface area contributed by atoms with Crippen molar-refractivity contribution in [3.05, 3.63) is 88.3 Å². The summed E-state index contributed by atoms with van der Waals surface area (Å²) in [6.07, 6.45) is 2.82. The molecule has 0 bridgehead atoms. The van der Waals surface area contributed by atoms with Gasteiger partial charge < -0.3 is 10.6 Å². The molecule has 3 aromatic rings. The summed E-state index contributed by atoms with van der Waals surface area (Å²) in [5, 5.41) is 6.07. The summed E-state index contributed by atoms with van der Waals surface area (Å²) >= 11 is 0. The zero-order valence-electron chi connectivity index (χ0n) is 19.0. The molecule has 0 saturated carbocycles. The lowest BCUT2D eigenvalue weighted by molar-refractivity contribution is 0.0922. The molecule has 1 unspecified atom stereocenters. The van der Waals surface area contributed by atoms with Gasteiger partial charge >= 0.3 is 0 Å².